The lowest BCUT2D eigenvalue weighted by Crippen LogP contribution is -2.20. The molecule has 5 heteroatoms. The lowest BCUT2D eigenvalue weighted by molar-refractivity contribution is -0.142. The van der Waals surface area contributed by atoms with Crippen molar-refractivity contribution in [2.75, 3.05) is 11.9 Å². The average molecular weight is 388 g/mol. The van der Waals surface area contributed by atoms with Gasteiger partial charge in [0.05, 0.1) is 5.69 Å². The zero-order chi connectivity index (χ0) is 17.5. The molecule has 2 rings (SSSR count). The molecule has 0 radical (unpaired) electrons. The summed E-state index contributed by atoms with van der Waals surface area (Å²) >= 11 is 3.38. The van der Waals surface area contributed by atoms with Gasteiger partial charge >= 0.3 is 5.97 Å². The zero-order valence-corrected chi connectivity index (χ0v) is 15.1. The monoisotopic (exact) mass is 387 g/mol. The van der Waals surface area contributed by atoms with E-state index in [1.54, 1.807) is 12.1 Å². The molecule has 0 aliphatic heterocycles. The molecule has 0 atom stereocenters. The maximum Gasteiger partial charge on any atom is 0.331 e. The molecule has 2 aromatic carbocycles. The standard InChI is InChI=1S/C19H18BrNO3/c1-13-3-6-15(7-4-13)8-10-19(23)24-12-18(22)21-17-9-5-14(2)11-16(17)20/h3-11H,12H2,1-2H3,(H,21,22)/b10-8+. The summed E-state index contributed by atoms with van der Waals surface area (Å²) in [6, 6.07) is 13.3. The van der Waals surface area contributed by atoms with Crippen molar-refractivity contribution in [1.82, 2.24) is 0 Å². The normalized spacial score (nSPS) is 10.6. The predicted molar refractivity (Wildman–Crippen MR) is 98.7 cm³/mol. The highest BCUT2D eigenvalue weighted by Gasteiger charge is 2.08. The fraction of sp³-hybridized carbons (Fsp3) is 0.158. The maximum atomic E-state index is 11.8. The number of rotatable bonds is 5. The Kier molecular flexibility index (Phi) is 6.32. The number of esters is 1. The zero-order valence-electron chi connectivity index (χ0n) is 13.5. The molecule has 24 heavy (non-hydrogen) atoms. The van der Waals surface area contributed by atoms with Crippen molar-refractivity contribution in [2.45, 2.75) is 13.8 Å². The lowest BCUT2D eigenvalue weighted by atomic mass is 10.1. The Hall–Kier alpha value is -2.40. The Bertz CT molecular complexity index is 767. The predicted octanol–water partition coefficient (Wildman–Crippen LogP) is 4.26. The second-order valence-corrected chi connectivity index (χ2v) is 6.24. The van der Waals surface area contributed by atoms with Gasteiger partial charge in [0.15, 0.2) is 6.61 Å². The summed E-state index contributed by atoms with van der Waals surface area (Å²) < 4.78 is 5.71. The first kappa shape index (κ1) is 17.9. The topological polar surface area (TPSA) is 55.4 Å². The van der Waals surface area contributed by atoms with Crippen molar-refractivity contribution in [1.29, 1.82) is 0 Å². The van der Waals surface area contributed by atoms with E-state index in [1.807, 2.05) is 50.2 Å². The largest absolute Gasteiger partial charge is 0.452 e. The average Bonchev–Trinajstić information content (AvgIpc) is 2.55. The van der Waals surface area contributed by atoms with Crippen molar-refractivity contribution in [2.24, 2.45) is 0 Å². The number of carbonyl (C=O) groups excluding carboxylic acids is 2. The first-order valence-electron chi connectivity index (χ1n) is 7.41. The molecular weight excluding hydrogens is 370 g/mol. The van der Waals surface area contributed by atoms with Crippen molar-refractivity contribution in [3.63, 3.8) is 0 Å². The number of hydrogen-bond acceptors (Lipinski definition) is 3. The van der Waals surface area contributed by atoms with Crippen LogP contribution in [0.4, 0.5) is 5.69 Å². The molecule has 4 nitrogen and oxygen atoms in total. The van der Waals surface area contributed by atoms with Gasteiger partial charge < -0.3 is 10.1 Å². The Morgan fingerprint density at radius 2 is 1.75 bits per heavy atom. The van der Waals surface area contributed by atoms with Crippen LogP contribution in [0.2, 0.25) is 0 Å². The molecule has 0 saturated heterocycles. The number of halogens is 1. The number of hydrogen-bond donors (Lipinski definition) is 1. The Labute approximate surface area is 149 Å². The molecule has 0 aliphatic rings. The Morgan fingerprint density at radius 1 is 1.08 bits per heavy atom. The van der Waals surface area contributed by atoms with E-state index in [9.17, 15) is 9.59 Å². The van der Waals surface area contributed by atoms with Crippen LogP contribution in [-0.4, -0.2) is 18.5 Å². The number of anilines is 1. The highest BCUT2D eigenvalue weighted by molar-refractivity contribution is 9.10. The third-order valence-corrected chi connectivity index (χ3v) is 3.89. The van der Waals surface area contributed by atoms with Gasteiger partial charge in [-0.25, -0.2) is 4.79 Å². The maximum absolute atomic E-state index is 11.8. The van der Waals surface area contributed by atoms with Crippen LogP contribution in [0.3, 0.4) is 0 Å². The minimum absolute atomic E-state index is 0.336. The van der Waals surface area contributed by atoms with Crippen LogP contribution in [0.1, 0.15) is 16.7 Å². The smallest absolute Gasteiger partial charge is 0.331 e. The molecule has 0 aromatic heterocycles. The van der Waals surface area contributed by atoms with Crippen LogP contribution in [0.5, 0.6) is 0 Å². The van der Waals surface area contributed by atoms with Crippen LogP contribution in [-0.2, 0) is 14.3 Å². The molecule has 0 aliphatic carbocycles. The third-order valence-electron chi connectivity index (χ3n) is 3.23. The van der Waals surface area contributed by atoms with Gasteiger partial charge in [-0.1, -0.05) is 35.9 Å². The van der Waals surface area contributed by atoms with E-state index in [-0.39, 0.29) is 6.61 Å². The minimum Gasteiger partial charge on any atom is -0.452 e. The summed E-state index contributed by atoms with van der Waals surface area (Å²) in [5.74, 6) is -0.953. The number of benzene rings is 2. The van der Waals surface area contributed by atoms with Crippen molar-refractivity contribution < 1.29 is 14.3 Å². The van der Waals surface area contributed by atoms with Gasteiger partial charge in [-0.05, 0) is 59.1 Å². The van der Waals surface area contributed by atoms with Gasteiger partial charge in [-0.3, -0.25) is 4.79 Å². The molecule has 124 valence electrons. The number of nitrogens with one attached hydrogen (secondary N) is 1. The van der Waals surface area contributed by atoms with Crippen LogP contribution in [0.15, 0.2) is 53.0 Å². The van der Waals surface area contributed by atoms with Gasteiger partial charge in [0.1, 0.15) is 0 Å². The highest BCUT2D eigenvalue weighted by Crippen LogP contribution is 2.23. The summed E-state index contributed by atoms with van der Waals surface area (Å²) in [6.07, 6.45) is 2.95. The van der Waals surface area contributed by atoms with Crippen molar-refractivity contribution >= 4 is 39.6 Å². The van der Waals surface area contributed by atoms with E-state index in [1.165, 1.54) is 6.08 Å². The van der Waals surface area contributed by atoms with E-state index >= 15 is 0 Å². The lowest BCUT2D eigenvalue weighted by Gasteiger charge is -2.08. The van der Waals surface area contributed by atoms with Gasteiger partial charge in [0, 0.05) is 10.5 Å². The fourth-order valence-corrected chi connectivity index (χ4v) is 2.53. The molecule has 0 heterocycles. The fourth-order valence-electron chi connectivity index (χ4n) is 1.93. The molecule has 0 fully saturated rings. The van der Waals surface area contributed by atoms with Gasteiger partial charge in [0.2, 0.25) is 0 Å². The Morgan fingerprint density at radius 3 is 2.42 bits per heavy atom. The summed E-state index contributed by atoms with van der Waals surface area (Å²) in [4.78, 5) is 23.5. The van der Waals surface area contributed by atoms with E-state index in [4.69, 9.17) is 4.74 Å². The first-order chi connectivity index (χ1) is 11.4. The number of aryl methyl sites for hydroxylation is 2. The third kappa shape index (κ3) is 5.66. The molecule has 0 spiro atoms. The number of carbonyl (C=O) groups is 2. The van der Waals surface area contributed by atoms with E-state index < -0.39 is 11.9 Å². The van der Waals surface area contributed by atoms with E-state index in [0.717, 1.165) is 21.2 Å². The molecule has 0 unspecified atom stereocenters. The molecular formula is C19H18BrNO3. The molecule has 0 bridgehead atoms. The van der Waals surface area contributed by atoms with E-state index in [2.05, 4.69) is 21.2 Å². The molecule has 0 saturated carbocycles. The molecule has 1 N–H and O–H groups in total. The number of ether oxygens (including phenoxy) is 1. The summed E-state index contributed by atoms with van der Waals surface area (Å²) in [5.41, 5.74) is 3.75. The van der Waals surface area contributed by atoms with Crippen LogP contribution in [0, 0.1) is 13.8 Å². The highest BCUT2D eigenvalue weighted by atomic mass is 79.9. The van der Waals surface area contributed by atoms with Gasteiger partial charge in [-0.2, -0.15) is 0 Å². The molecule has 2 aromatic rings. The number of amides is 1. The van der Waals surface area contributed by atoms with Crippen molar-refractivity contribution in [3.8, 4) is 0 Å². The quantitative estimate of drug-likeness (QED) is 0.615. The molecule has 1 amide bonds. The summed E-state index contributed by atoms with van der Waals surface area (Å²) in [5, 5.41) is 2.69. The second kappa shape index (κ2) is 8.45. The van der Waals surface area contributed by atoms with Crippen LogP contribution < -0.4 is 5.32 Å². The van der Waals surface area contributed by atoms with Crippen LogP contribution in [0.25, 0.3) is 6.08 Å². The summed E-state index contributed by atoms with van der Waals surface area (Å²) in [7, 11) is 0. The minimum atomic E-state index is -0.561. The van der Waals surface area contributed by atoms with E-state index in [0.29, 0.717) is 5.69 Å². The first-order valence-corrected chi connectivity index (χ1v) is 8.21. The van der Waals surface area contributed by atoms with Gasteiger partial charge in [-0.15, -0.1) is 0 Å². The SMILES string of the molecule is Cc1ccc(/C=C/C(=O)OCC(=O)Nc2ccc(C)cc2Br)cc1. The van der Waals surface area contributed by atoms with Gasteiger partial charge in [0.25, 0.3) is 5.91 Å². The second-order valence-electron chi connectivity index (χ2n) is 5.38. The van der Waals surface area contributed by atoms with Crippen molar-refractivity contribution in [3.05, 3.63) is 69.7 Å². The van der Waals surface area contributed by atoms with Crippen LogP contribution >= 0.6 is 15.9 Å². The Balaban J connectivity index is 1.82. The summed E-state index contributed by atoms with van der Waals surface area (Å²) in [6.45, 7) is 3.61.